The number of nitrogens with one attached hydrogen (secondary N) is 2. The van der Waals surface area contributed by atoms with E-state index in [0.717, 1.165) is 18.4 Å². The fraction of sp³-hybridized carbons (Fsp3) is 0.478. The van der Waals surface area contributed by atoms with Crippen LogP contribution in [0.2, 0.25) is 0 Å². The second kappa shape index (κ2) is 10.0. The molecule has 0 radical (unpaired) electrons. The van der Waals surface area contributed by atoms with Gasteiger partial charge in [0.25, 0.3) is 11.8 Å². The number of rotatable bonds is 10. The zero-order valence-corrected chi connectivity index (χ0v) is 18.5. The van der Waals surface area contributed by atoms with Gasteiger partial charge in [0.05, 0.1) is 0 Å². The normalized spacial score (nSPS) is 13.5. The standard InChI is InChI=1S/C23H28F2N4O3/c1-4-16-9-15(12-27-22(16)32-13-23(24,25)5-2)11-26-20(30)18-8-14(3)28-19(10-18)29-21(31)17-6-7-17/h8-10,12,17H,4-7,11,13H2,1-3H3,(H,26,30)(H,28,29,31). The third-order valence-corrected chi connectivity index (χ3v) is 5.17. The van der Waals surface area contributed by atoms with Gasteiger partial charge in [-0.3, -0.25) is 9.59 Å². The van der Waals surface area contributed by atoms with Crippen molar-refractivity contribution in [3.05, 3.63) is 46.8 Å². The Kier molecular flexibility index (Phi) is 7.37. The zero-order chi connectivity index (χ0) is 23.3. The Hall–Kier alpha value is -3.10. The molecule has 1 fully saturated rings. The average molecular weight is 446 g/mol. The van der Waals surface area contributed by atoms with Gasteiger partial charge in [-0.15, -0.1) is 0 Å². The highest BCUT2D eigenvalue weighted by molar-refractivity contribution is 5.97. The van der Waals surface area contributed by atoms with E-state index in [1.165, 1.54) is 13.1 Å². The van der Waals surface area contributed by atoms with E-state index in [4.69, 9.17) is 4.74 Å². The van der Waals surface area contributed by atoms with Crippen molar-refractivity contribution in [1.29, 1.82) is 0 Å². The molecule has 0 unspecified atom stereocenters. The lowest BCUT2D eigenvalue weighted by atomic mass is 10.1. The van der Waals surface area contributed by atoms with Crippen LogP contribution in [-0.2, 0) is 17.8 Å². The number of nitrogens with zero attached hydrogens (tertiary/aromatic N) is 2. The molecule has 7 nitrogen and oxygen atoms in total. The Morgan fingerprint density at radius 2 is 1.97 bits per heavy atom. The first-order valence-electron chi connectivity index (χ1n) is 10.8. The molecule has 0 atom stereocenters. The molecule has 172 valence electrons. The minimum absolute atomic E-state index is 0.0370. The van der Waals surface area contributed by atoms with Crippen molar-refractivity contribution in [2.24, 2.45) is 5.92 Å². The van der Waals surface area contributed by atoms with E-state index in [-0.39, 0.29) is 36.6 Å². The summed E-state index contributed by atoms with van der Waals surface area (Å²) in [6.45, 7) is 4.51. The molecule has 0 saturated heterocycles. The topological polar surface area (TPSA) is 93.2 Å². The van der Waals surface area contributed by atoms with Gasteiger partial charge in [-0.05, 0) is 49.9 Å². The Bertz CT molecular complexity index is 993. The van der Waals surface area contributed by atoms with Crippen LogP contribution in [0.4, 0.5) is 14.6 Å². The lowest BCUT2D eigenvalue weighted by Crippen LogP contribution is -2.25. The summed E-state index contributed by atoms with van der Waals surface area (Å²) in [5.41, 5.74) is 2.41. The van der Waals surface area contributed by atoms with Gasteiger partial charge >= 0.3 is 0 Å². The van der Waals surface area contributed by atoms with Gasteiger partial charge in [0.2, 0.25) is 11.8 Å². The fourth-order valence-corrected chi connectivity index (χ4v) is 3.03. The summed E-state index contributed by atoms with van der Waals surface area (Å²) < 4.78 is 32.2. The van der Waals surface area contributed by atoms with Gasteiger partial charge in [-0.25, -0.2) is 18.7 Å². The van der Waals surface area contributed by atoms with Crippen LogP contribution in [0.5, 0.6) is 5.88 Å². The first-order chi connectivity index (χ1) is 15.2. The van der Waals surface area contributed by atoms with E-state index >= 15 is 0 Å². The Balaban J connectivity index is 1.62. The number of aryl methyl sites for hydroxylation is 2. The quantitative estimate of drug-likeness (QED) is 0.574. The van der Waals surface area contributed by atoms with E-state index in [9.17, 15) is 18.4 Å². The van der Waals surface area contributed by atoms with Crippen molar-refractivity contribution < 1.29 is 23.1 Å². The maximum Gasteiger partial charge on any atom is 0.281 e. The van der Waals surface area contributed by atoms with E-state index in [0.29, 0.717) is 29.1 Å². The molecule has 2 amide bonds. The van der Waals surface area contributed by atoms with Crippen LogP contribution in [0, 0.1) is 12.8 Å². The van der Waals surface area contributed by atoms with Crippen molar-refractivity contribution in [1.82, 2.24) is 15.3 Å². The average Bonchev–Trinajstić information content (AvgIpc) is 3.61. The monoisotopic (exact) mass is 446 g/mol. The third kappa shape index (κ3) is 6.45. The summed E-state index contributed by atoms with van der Waals surface area (Å²) in [6, 6.07) is 4.97. The molecular weight excluding hydrogens is 418 g/mol. The number of halogens is 2. The van der Waals surface area contributed by atoms with E-state index in [2.05, 4.69) is 20.6 Å². The van der Waals surface area contributed by atoms with Crippen molar-refractivity contribution in [3.63, 3.8) is 0 Å². The van der Waals surface area contributed by atoms with Crippen molar-refractivity contribution >= 4 is 17.6 Å². The second-order valence-electron chi connectivity index (χ2n) is 7.99. The summed E-state index contributed by atoms with van der Waals surface area (Å²) in [5, 5.41) is 5.57. The van der Waals surface area contributed by atoms with Crippen LogP contribution in [-0.4, -0.2) is 34.3 Å². The molecule has 9 heteroatoms. The summed E-state index contributed by atoms with van der Waals surface area (Å²) in [6.07, 6.45) is 3.50. The smallest absolute Gasteiger partial charge is 0.281 e. The maximum absolute atomic E-state index is 13.5. The lowest BCUT2D eigenvalue weighted by molar-refractivity contribution is -0.117. The molecule has 0 aromatic carbocycles. The van der Waals surface area contributed by atoms with Crippen molar-refractivity contribution in [3.8, 4) is 5.88 Å². The number of hydrogen-bond acceptors (Lipinski definition) is 5. The number of anilines is 1. The number of ether oxygens (including phenoxy) is 1. The minimum atomic E-state index is -2.90. The molecule has 1 saturated carbocycles. The number of carbonyl (C=O) groups is 2. The van der Waals surface area contributed by atoms with Crippen molar-refractivity contribution in [2.75, 3.05) is 11.9 Å². The molecule has 32 heavy (non-hydrogen) atoms. The molecule has 3 rings (SSSR count). The van der Waals surface area contributed by atoms with Crippen LogP contribution in [0.3, 0.4) is 0 Å². The van der Waals surface area contributed by atoms with Gasteiger partial charge in [0, 0.05) is 41.9 Å². The molecule has 2 N–H and O–H groups in total. The van der Waals surface area contributed by atoms with Gasteiger partial charge < -0.3 is 15.4 Å². The summed E-state index contributed by atoms with van der Waals surface area (Å²) in [4.78, 5) is 33.0. The molecule has 0 spiro atoms. The lowest BCUT2D eigenvalue weighted by Gasteiger charge is -2.16. The number of amides is 2. The Morgan fingerprint density at radius 3 is 2.62 bits per heavy atom. The molecule has 0 aliphatic heterocycles. The summed E-state index contributed by atoms with van der Waals surface area (Å²) in [5.74, 6) is -2.73. The highest BCUT2D eigenvalue weighted by Crippen LogP contribution is 2.30. The molecule has 1 aliphatic carbocycles. The predicted octanol–water partition coefficient (Wildman–Crippen LogP) is 4.05. The number of pyridine rings is 2. The summed E-state index contributed by atoms with van der Waals surface area (Å²) >= 11 is 0. The van der Waals surface area contributed by atoms with Crippen LogP contribution in [0.1, 0.15) is 60.3 Å². The number of alkyl halides is 2. The molecule has 2 aromatic heterocycles. The molecular formula is C23H28F2N4O3. The minimum Gasteiger partial charge on any atom is -0.471 e. The number of aromatic nitrogens is 2. The van der Waals surface area contributed by atoms with Crippen molar-refractivity contribution in [2.45, 2.75) is 58.9 Å². The highest BCUT2D eigenvalue weighted by Gasteiger charge is 2.30. The van der Waals surface area contributed by atoms with Crippen LogP contribution < -0.4 is 15.4 Å². The van der Waals surface area contributed by atoms with Gasteiger partial charge in [-0.1, -0.05) is 13.8 Å². The first-order valence-corrected chi connectivity index (χ1v) is 10.8. The predicted molar refractivity (Wildman–Crippen MR) is 116 cm³/mol. The molecule has 1 aliphatic rings. The number of carbonyl (C=O) groups excluding carboxylic acids is 2. The van der Waals surface area contributed by atoms with Crippen LogP contribution in [0.25, 0.3) is 0 Å². The molecule has 0 bridgehead atoms. The zero-order valence-electron chi connectivity index (χ0n) is 18.5. The third-order valence-electron chi connectivity index (χ3n) is 5.17. The number of hydrogen-bond donors (Lipinski definition) is 2. The van der Waals surface area contributed by atoms with E-state index in [1.54, 1.807) is 25.1 Å². The van der Waals surface area contributed by atoms with Gasteiger partial charge in [0.1, 0.15) is 5.82 Å². The summed E-state index contributed by atoms with van der Waals surface area (Å²) in [7, 11) is 0. The van der Waals surface area contributed by atoms with Crippen LogP contribution >= 0.6 is 0 Å². The largest absolute Gasteiger partial charge is 0.471 e. The highest BCUT2D eigenvalue weighted by atomic mass is 19.3. The van der Waals surface area contributed by atoms with E-state index < -0.39 is 12.5 Å². The fourth-order valence-electron chi connectivity index (χ4n) is 3.03. The maximum atomic E-state index is 13.5. The Labute approximate surface area is 186 Å². The molecule has 2 heterocycles. The van der Waals surface area contributed by atoms with E-state index in [1.807, 2.05) is 6.92 Å². The SMILES string of the molecule is CCc1cc(CNC(=O)c2cc(C)nc(NC(=O)C3CC3)c2)cnc1OCC(F)(F)CC. The van der Waals surface area contributed by atoms with Crippen LogP contribution in [0.15, 0.2) is 24.4 Å². The molecule has 2 aromatic rings. The second-order valence-corrected chi connectivity index (χ2v) is 7.99. The van der Waals surface area contributed by atoms with Gasteiger partial charge in [0.15, 0.2) is 6.61 Å². The Morgan fingerprint density at radius 1 is 1.22 bits per heavy atom. The van der Waals surface area contributed by atoms with Gasteiger partial charge in [-0.2, -0.15) is 0 Å². The first kappa shape index (κ1) is 23.6.